The molecule has 2 aromatic carbocycles. The number of aromatic amines is 1. The van der Waals surface area contributed by atoms with Crippen molar-refractivity contribution in [3.63, 3.8) is 0 Å². The molecule has 0 radical (unpaired) electrons. The molecule has 11 heteroatoms. The van der Waals surface area contributed by atoms with Gasteiger partial charge in [-0.2, -0.15) is 0 Å². The molecule has 0 aliphatic carbocycles. The molecule has 0 atom stereocenters. The van der Waals surface area contributed by atoms with E-state index in [1.54, 1.807) is 41.5 Å². The minimum Gasteiger partial charge on any atom is -0.489 e. The highest BCUT2D eigenvalue weighted by Gasteiger charge is 2.50. The molecule has 0 amide bonds. The fourth-order valence-electron chi connectivity index (χ4n) is 4.48. The lowest BCUT2D eigenvalue weighted by Crippen LogP contribution is -2.50. The predicted octanol–water partition coefficient (Wildman–Crippen LogP) is 5.16. The lowest BCUT2D eigenvalue weighted by Gasteiger charge is -2.40. The van der Waals surface area contributed by atoms with E-state index in [0.717, 1.165) is 5.56 Å². The van der Waals surface area contributed by atoms with E-state index in [9.17, 15) is 18.0 Å². The van der Waals surface area contributed by atoms with Gasteiger partial charge in [0.1, 0.15) is 38.1 Å². The molecule has 0 unspecified atom stereocenters. The molecule has 0 saturated carbocycles. The van der Waals surface area contributed by atoms with Crippen LogP contribution in [0.1, 0.15) is 11.1 Å². The number of nitrogens with zero attached hydrogens (tertiary/aromatic N) is 1. The summed E-state index contributed by atoms with van der Waals surface area (Å²) in [6.07, 6.45) is 1.72. The molecule has 0 fully saturated rings. The van der Waals surface area contributed by atoms with Gasteiger partial charge in [0, 0.05) is 22.9 Å². The molecule has 2 heterocycles. The molecule has 1 aliphatic heterocycles. The van der Waals surface area contributed by atoms with Gasteiger partial charge in [-0.1, -0.05) is 12.1 Å². The van der Waals surface area contributed by atoms with Crippen LogP contribution in [0.3, 0.4) is 0 Å². The minimum atomic E-state index is -1.68. The number of fused-ring (bicyclic) bond motifs is 3. The highest BCUT2D eigenvalue weighted by atomic mass is 32.2. The van der Waals surface area contributed by atoms with Crippen LogP contribution in [-0.4, -0.2) is 57.0 Å². The smallest absolute Gasteiger partial charge is 0.260 e. The monoisotopic (exact) mass is 524 g/mol. The second-order valence-corrected chi connectivity index (χ2v) is 8.50. The van der Waals surface area contributed by atoms with Gasteiger partial charge in [-0.15, -0.1) is 0 Å². The molecule has 7 nitrogen and oxygen atoms in total. The number of pyridine rings is 1. The van der Waals surface area contributed by atoms with Gasteiger partial charge in [0.15, 0.2) is 0 Å². The highest BCUT2D eigenvalue weighted by molar-refractivity contribution is 7.94. The van der Waals surface area contributed by atoms with Gasteiger partial charge >= 0.3 is 0 Å². The Hall–Kier alpha value is -2.89. The van der Waals surface area contributed by atoms with Crippen LogP contribution < -0.4 is 19.4 Å². The number of hydrogen-bond donors (Lipinski definition) is 1. The number of para-hydroxylation sites is 1. The average Bonchev–Trinajstić information content (AvgIpc) is 3.21. The Balaban J connectivity index is 1.99. The van der Waals surface area contributed by atoms with Crippen molar-refractivity contribution < 1.29 is 31.6 Å². The van der Waals surface area contributed by atoms with E-state index in [0.29, 0.717) is 39.3 Å². The Labute approximate surface area is 210 Å². The first-order valence-electron chi connectivity index (χ1n) is 11.4. The number of aromatic nitrogens is 1. The summed E-state index contributed by atoms with van der Waals surface area (Å²) in [7, 11) is 0. The molecule has 0 bridgehead atoms. The summed E-state index contributed by atoms with van der Waals surface area (Å²) in [6.45, 7) is -1.29. The molecule has 36 heavy (non-hydrogen) atoms. The van der Waals surface area contributed by atoms with Crippen LogP contribution in [0.15, 0.2) is 41.2 Å². The van der Waals surface area contributed by atoms with E-state index >= 15 is 0 Å². The van der Waals surface area contributed by atoms with Crippen molar-refractivity contribution in [2.24, 2.45) is 0 Å². The lowest BCUT2D eigenvalue weighted by atomic mass is 10.1. The third kappa shape index (κ3) is 4.87. The summed E-state index contributed by atoms with van der Waals surface area (Å²) >= 11 is 1.19. The SMILES string of the molecule is CSOc1ccc(N2c3c(c(=O)[nH]c4c(OCCF)cccc34)CC2(OCCF)OCCF)c(C)c1. The maximum Gasteiger partial charge on any atom is 0.260 e. The number of benzene rings is 2. The Kier molecular flexibility index (Phi) is 8.32. The van der Waals surface area contributed by atoms with E-state index in [2.05, 4.69) is 4.98 Å². The molecule has 4 rings (SSSR count). The zero-order valence-corrected chi connectivity index (χ0v) is 20.8. The number of H-pyrrole nitrogens is 1. The number of hydrogen-bond acceptors (Lipinski definition) is 7. The number of ether oxygens (including phenoxy) is 3. The van der Waals surface area contributed by atoms with Crippen LogP contribution in [0.5, 0.6) is 11.5 Å². The van der Waals surface area contributed by atoms with Gasteiger partial charge in [-0.25, -0.2) is 13.2 Å². The van der Waals surface area contributed by atoms with Crippen LogP contribution in [0.25, 0.3) is 10.9 Å². The summed E-state index contributed by atoms with van der Waals surface area (Å²) in [5.74, 6) is -0.761. The third-order valence-corrected chi connectivity index (χ3v) is 6.14. The second kappa shape index (κ2) is 11.4. The first kappa shape index (κ1) is 26.2. The van der Waals surface area contributed by atoms with E-state index in [4.69, 9.17) is 18.4 Å². The predicted molar refractivity (Wildman–Crippen MR) is 134 cm³/mol. The van der Waals surface area contributed by atoms with Gasteiger partial charge < -0.3 is 23.4 Å². The number of nitrogens with one attached hydrogen (secondary N) is 1. The van der Waals surface area contributed by atoms with Crippen LogP contribution >= 0.6 is 12.0 Å². The number of aryl methyl sites for hydroxylation is 1. The Morgan fingerprint density at radius 3 is 2.42 bits per heavy atom. The fourth-order valence-corrected chi connectivity index (χ4v) is 4.77. The zero-order chi connectivity index (χ0) is 25.7. The van der Waals surface area contributed by atoms with E-state index < -0.39 is 31.5 Å². The third-order valence-electron chi connectivity index (χ3n) is 5.78. The number of alkyl halides is 3. The van der Waals surface area contributed by atoms with Gasteiger partial charge in [0.2, 0.25) is 0 Å². The molecular formula is C25H27F3N2O5S. The first-order valence-corrected chi connectivity index (χ1v) is 12.5. The van der Waals surface area contributed by atoms with Crippen molar-refractivity contribution in [1.82, 2.24) is 4.98 Å². The quantitative estimate of drug-likeness (QED) is 0.259. The number of anilines is 2. The summed E-state index contributed by atoms with van der Waals surface area (Å²) in [4.78, 5) is 17.8. The minimum absolute atomic E-state index is 0.0777. The normalized spacial score (nSPS) is 14.3. The largest absolute Gasteiger partial charge is 0.489 e. The number of halogens is 3. The second-order valence-electron chi connectivity index (χ2n) is 8.00. The van der Waals surface area contributed by atoms with Crippen molar-refractivity contribution in [2.75, 3.05) is 51.0 Å². The van der Waals surface area contributed by atoms with Crippen LogP contribution in [0.2, 0.25) is 0 Å². The molecule has 1 aromatic heterocycles. The van der Waals surface area contributed by atoms with E-state index in [1.807, 2.05) is 13.0 Å². The molecular weight excluding hydrogens is 497 g/mol. The Bertz CT molecular complexity index is 1260. The van der Waals surface area contributed by atoms with Gasteiger partial charge in [-0.05, 0) is 36.8 Å². The van der Waals surface area contributed by atoms with Crippen molar-refractivity contribution in [1.29, 1.82) is 0 Å². The van der Waals surface area contributed by atoms with Crippen molar-refractivity contribution in [2.45, 2.75) is 19.3 Å². The molecule has 1 N–H and O–H groups in total. The molecule has 0 spiro atoms. The highest BCUT2D eigenvalue weighted by Crippen LogP contribution is 2.49. The van der Waals surface area contributed by atoms with Crippen LogP contribution in [-0.2, 0) is 15.9 Å². The fraction of sp³-hybridized carbons (Fsp3) is 0.400. The standard InChI is InChI=1S/C25H27F3N2O5S/c1-16-14-17(35-36-2)6-7-20(16)30-23-18-4-3-5-21(32-11-8-26)22(18)29-24(31)19(23)15-25(30,33-12-9-27)34-13-10-28/h3-7,14H,8-13,15H2,1-2H3,(H,29,31). The van der Waals surface area contributed by atoms with Gasteiger partial charge in [0.25, 0.3) is 11.5 Å². The van der Waals surface area contributed by atoms with Crippen molar-refractivity contribution in [3.05, 3.63) is 57.9 Å². The summed E-state index contributed by atoms with van der Waals surface area (Å²) in [5, 5.41) is 0.583. The maximum atomic E-state index is 13.3. The first-order chi connectivity index (χ1) is 17.5. The molecule has 3 aromatic rings. The van der Waals surface area contributed by atoms with E-state index in [1.165, 1.54) is 12.0 Å². The average molecular weight is 525 g/mol. The van der Waals surface area contributed by atoms with Gasteiger partial charge in [-0.3, -0.25) is 9.69 Å². The summed E-state index contributed by atoms with van der Waals surface area (Å²) in [5.41, 5.74) is 2.07. The van der Waals surface area contributed by atoms with Gasteiger partial charge in [0.05, 0.1) is 42.9 Å². The zero-order valence-electron chi connectivity index (χ0n) is 19.9. The van der Waals surface area contributed by atoms with Crippen molar-refractivity contribution in [3.8, 4) is 11.5 Å². The van der Waals surface area contributed by atoms with E-state index in [-0.39, 0.29) is 26.2 Å². The Morgan fingerprint density at radius 2 is 1.78 bits per heavy atom. The summed E-state index contributed by atoms with van der Waals surface area (Å²) < 4.78 is 62.3. The summed E-state index contributed by atoms with van der Waals surface area (Å²) in [6, 6.07) is 10.5. The Morgan fingerprint density at radius 1 is 1.06 bits per heavy atom. The lowest BCUT2D eigenvalue weighted by molar-refractivity contribution is -0.229. The van der Waals surface area contributed by atoms with Crippen LogP contribution in [0, 0.1) is 6.92 Å². The number of rotatable bonds is 12. The molecule has 0 saturated heterocycles. The molecule has 1 aliphatic rings. The van der Waals surface area contributed by atoms with Crippen molar-refractivity contribution >= 4 is 34.3 Å². The molecule has 194 valence electrons. The maximum absolute atomic E-state index is 13.3. The van der Waals surface area contributed by atoms with Crippen LogP contribution in [0.4, 0.5) is 24.5 Å². The topological polar surface area (TPSA) is 73.0 Å².